The number of amides is 1. The molecule has 0 spiro atoms. The van der Waals surface area contributed by atoms with Crippen LogP contribution in [0.1, 0.15) is 39.9 Å². The van der Waals surface area contributed by atoms with Crippen LogP contribution in [0.15, 0.2) is 48.5 Å². The van der Waals surface area contributed by atoms with Crippen LogP contribution in [-0.4, -0.2) is 35.5 Å². The van der Waals surface area contributed by atoms with Crippen LogP contribution in [0.25, 0.3) is 16.8 Å². The van der Waals surface area contributed by atoms with Gasteiger partial charge in [0.1, 0.15) is 0 Å². The zero-order valence-electron chi connectivity index (χ0n) is 19.3. The Morgan fingerprint density at radius 3 is 2.56 bits per heavy atom. The summed E-state index contributed by atoms with van der Waals surface area (Å²) in [5.41, 5.74) is 9.45. The number of alkyl halides is 3. The third-order valence-corrected chi connectivity index (χ3v) is 5.95. The van der Waals surface area contributed by atoms with Crippen LogP contribution in [0, 0.1) is 13.8 Å². The molecular weight excluding hydrogens is 473 g/mol. The topological polar surface area (TPSA) is 127 Å². The van der Waals surface area contributed by atoms with Crippen molar-refractivity contribution in [1.82, 2.24) is 34.9 Å². The SMILES string of the molecule is Cc1nc2nc(N)nn2c(C)c1CC(=O)NC(c1ccccc1)c1ccc2nc(C(F)(F)F)[nH]c2c1. The van der Waals surface area contributed by atoms with Gasteiger partial charge in [-0.25, -0.2) is 9.97 Å². The van der Waals surface area contributed by atoms with Crippen molar-refractivity contribution in [3.05, 3.63) is 82.4 Å². The van der Waals surface area contributed by atoms with Crippen LogP contribution in [0.5, 0.6) is 0 Å². The zero-order valence-corrected chi connectivity index (χ0v) is 19.3. The quantitative estimate of drug-likeness (QED) is 0.342. The lowest BCUT2D eigenvalue weighted by Gasteiger charge is -2.20. The number of H-pyrrole nitrogens is 1. The van der Waals surface area contributed by atoms with Crippen LogP contribution in [0.2, 0.25) is 0 Å². The summed E-state index contributed by atoms with van der Waals surface area (Å²) >= 11 is 0. The number of hydrogen-bond donors (Lipinski definition) is 3. The fourth-order valence-electron chi connectivity index (χ4n) is 4.20. The molecule has 1 atom stereocenters. The number of aromatic nitrogens is 6. The zero-order chi connectivity index (χ0) is 25.6. The summed E-state index contributed by atoms with van der Waals surface area (Å²) < 4.78 is 40.9. The number of nitrogen functional groups attached to an aromatic ring is 1. The van der Waals surface area contributed by atoms with Crippen molar-refractivity contribution in [2.75, 3.05) is 5.73 Å². The molecule has 3 heterocycles. The number of nitrogens with one attached hydrogen (secondary N) is 2. The molecule has 3 aromatic heterocycles. The molecule has 0 bridgehead atoms. The van der Waals surface area contributed by atoms with Crippen LogP contribution in [-0.2, 0) is 17.4 Å². The molecule has 0 saturated carbocycles. The number of nitrogens with two attached hydrogens (primary N) is 1. The Bertz CT molecular complexity index is 1590. The molecule has 0 fully saturated rings. The van der Waals surface area contributed by atoms with Gasteiger partial charge in [-0.1, -0.05) is 36.4 Å². The number of halogens is 3. The number of benzene rings is 2. The number of anilines is 1. The Hall–Kier alpha value is -4.48. The lowest BCUT2D eigenvalue weighted by atomic mass is 9.97. The second-order valence-corrected chi connectivity index (χ2v) is 8.39. The molecule has 0 saturated heterocycles. The molecule has 0 radical (unpaired) electrons. The second kappa shape index (κ2) is 8.63. The predicted molar refractivity (Wildman–Crippen MR) is 126 cm³/mol. The molecular formula is C24H21F3N8O. The Morgan fingerprint density at radius 2 is 1.83 bits per heavy atom. The fourth-order valence-corrected chi connectivity index (χ4v) is 4.20. The molecule has 0 aliphatic carbocycles. The molecule has 1 amide bonds. The lowest BCUT2D eigenvalue weighted by Crippen LogP contribution is -2.31. The maximum atomic E-state index is 13.2. The third-order valence-electron chi connectivity index (χ3n) is 5.95. The first kappa shape index (κ1) is 23.3. The van der Waals surface area contributed by atoms with Crippen molar-refractivity contribution < 1.29 is 18.0 Å². The van der Waals surface area contributed by atoms with Crippen molar-refractivity contribution >= 4 is 28.7 Å². The highest BCUT2D eigenvalue weighted by atomic mass is 19.4. The van der Waals surface area contributed by atoms with E-state index < -0.39 is 18.0 Å². The highest BCUT2D eigenvalue weighted by molar-refractivity contribution is 5.81. The van der Waals surface area contributed by atoms with E-state index in [9.17, 15) is 18.0 Å². The molecule has 184 valence electrons. The third kappa shape index (κ3) is 4.32. The number of aryl methyl sites for hydroxylation is 2. The molecule has 0 aliphatic heterocycles. The highest BCUT2D eigenvalue weighted by Crippen LogP contribution is 2.30. The van der Waals surface area contributed by atoms with Crippen LogP contribution in [0.4, 0.5) is 19.1 Å². The minimum atomic E-state index is -4.59. The van der Waals surface area contributed by atoms with Crippen LogP contribution >= 0.6 is 0 Å². The molecule has 0 aliphatic rings. The summed E-state index contributed by atoms with van der Waals surface area (Å²) in [5, 5.41) is 7.14. The van der Waals surface area contributed by atoms with Gasteiger partial charge in [0.2, 0.25) is 17.7 Å². The largest absolute Gasteiger partial charge is 0.449 e. The Labute approximate surface area is 202 Å². The molecule has 2 aromatic carbocycles. The van der Waals surface area contributed by atoms with E-state index in [1.165, 1.54) is 10.6 Å². The number of carbonyl (C=O) groups excluding carboxylic acids is 1. The predicted octanol–water partition coefficient (Wildman–Crippen LogP) is 3.67. The first-order valence-electron chi connectivity index (χ1n) is 11.0. The standard InChI is InChI=1S/C24H21F3N8O/c1-12-16(13(2)35-23(29-12)33-22(28)34-35)11-19(36)32-20(14-6-4-3-5-7-14)15-8-9-17-18(10-15)31-21(30-17)24(25,26)27/h3-10,20H,11H2,1-2H3,(H2,28,34)(H,30,31)(H,32,36). The van der Waals surface area contributed by atoms with Gasteiger partial charge in [0, 0.05) is 17.0 Å². The van der Waals surface area contributed by atoms with Gasteiger partial charge in [0.15, 0.2) is 0 Å². The van der Waals surface area contributed by atoms with E-state index in [0.29, 0.717) is 28.3 Å². The number of aromatic amines is 1. The number of hydrogen-bond acceptors (Lipinski definition) is 6. The van der Waals surface area contributed by atoms with Gasteiger partial charge in [-0.2, -0.15) is 22.7 Å². The summed E-state index contributed by atoms with van der Waals surface area (Å²) in [7, 11) is 0. The summed E-state index contributed by atoms with van der Waals surface area (Å²) in [6.45, 7) is 3.58. The summed E-state index contributed by atoms with van der Waals surface area (Å²) in [6.07, 6.45) is -4.58. The molecule has 4 N–H and O–H groups in total. The van der Waals surface area contributed by atoms with E-state index in [0.717, 1.165) is 5.56 Å². The van der Waals surface area contributed by atoms with E-state index in [1.54, 1.807) is 26.0 Å². The van der Waals surface area contributed by atoms with E-state index in [2.05, 4.69) is 30.4 Å². The number of imidazole rings is 1. The second-order valence-electron chi connectivity index (χ2n) is 8.39. The smallest absolute Gasteiger partial charge is 0.366 e. The molecule has 36 heavy (non-hydrogen) atoms. The molecule has 12 heteroatoms. The maximum Gasteiger partial charge on any atom is 0.449 e. The van der Waals surface area contributed by atoms with Crippen molar-refractivity contribution in [3.63, 3.8) is 0 Å². The Balaban J connectivity index is 1.48. The van der Waals surface area contributed by atoms with E-state index in [-0.39, 0.29) is 29.3 Å². The van der Waals surface area contributed by atoms with Gasteiger partial charge < -0.3 is 16.0 Å². The molecule has 1 unspecified atom stereocenters. The summed E-state index contributed by atoms with van der Waals surface area (Å²) in [5.74, 6) is -0.943. The number of fused-ring (bicyclic) bond motifs is 2. The molecule has 9 nitrogen and oxygen atoms in total. The first-order chi connectivity index (χ1) is 17.1. The minimum absolute atomic E-state index is 0.00816. The van der Waals surface area contributed by atoms with Gasteiger partial charge in [-0.15, -0.1) is 5.10 Å². The van der Waals surface area contributed by atoms with Gasteiger partial charge in [0.05, 0.1) is 23.5 Å². The Kier molecular flexibility index (Phi) is 5.58. The maximum absolute atomic E-state index is 13.2. The Morgan fingerprint density at radius 1 is 1.08 bits per heavy atom. The van der Waals surface area contributed by atoms with Crippen LogP contribution in [0.3, 0.4) is 0 Å². The van der Waals surface area contributed by atoms with E-state index in [4.69, 9.17) is 5.73 Å². The summed E-state index contributed by atoms with van der Waals surface area (Å²) in [6, 6.07) is 13.3. The highest BCUT2D eigenvalue weighted by Gasteiger charge is 2.34. The summed E-state index contributed by atoms with van der Waals surface area (Å²) in [4.78, 5) is 27.6. The van der Waals surface area contributed by atoms with E-state index >= 15 is 0 Å². The molecule has 5 aromatic rings. The molecule has 5 rings (SSSR count). The van der Waals surface area contributed by atoms with Crippen molar-refractivity contribution in [2.24, 2.45) is 0 Å². The first-order valence-corrected chi connectivity index (χ1v) is 11.0. The van der Waals surface area contributed by atoms with Crippen molar-refractivity contribution in [3.8, 4) is 0 Å². The number of nitrogens with zero attached hydrogens (tertiary/aromatic N) is 5. The van der Waals surface area contributed by atoms with Crippen molar-refractivity contribution in [2.45, 2.75) is 32.5 Å². The van der Waals surface area contributed by atoms with Gasteiger partial charge >= 0.3 is 6.18 Å². The van der Waals surface area contributed by atoms with Crippen LogP contribution < -0.4 is 11.1 Å². The average molecular weight is 494 g/mol. The van der Waals surface area contributed by atoms with Gasteiger partial charge in [0.25, 0.3) is 5.78 Å². The van der Waals surface area contributed by atoms with Gasteiger partial charge in [-0.3, -0.25) is 4.79 Å². The average Bonchev–Trinajstić information content (AvgIpc) is 3.43. The number of rotatable bonds is 5. The fraction of sp³-hybridized carbons (Fsp3) is 0.208. The van der Waals surface area contributed by atoms with Gasteiger partial charge in [-0.05, 0) is 37.1 Å². The van der Waals surface area contributed by atoms with Crippen molar-refractivity contribution in [1.29, 1.82) is 0 Å². The monoisotopic (exact) mass is 494 g/mol. The van der Waals surface area contributed by atoms with E-state index in [1.807, 2.05) is 30.3 Å². The minimum Gasteiger partial charge on any atom is -0.366 e. The number of carbonyl (C=O) groups is 1. The lowest BCUT2D eigenvalue weighted by molar-refractivity contribution is -0.144. The normalized spacial score (nSPS) is 12.8.